The van der Waals surface area contributed by atoms with E-state index in [-0.39, 0.29) is 11.7 Å². The molecule has 0 spiro atoms. The predicted octanol–water partition coefficient (Wildman–Crippen LogP) is 1.80. The molecular weight excluding hydrogens is 328 g/mol. The molecule has 122 valence electrons. The number of para-hydroxylation sites is 2. The van der Waals surface area contributed by atoms with Gasteiger partial charge in [0.25, 0.3) is 0 Å². The van der Waals surface area contributed by atoms with E-state index in [4.69, 9.17) is 4.74 Å². The van der Waals surface area contributed by atoms with Gasteiger partial charge in [0, 0.05) is 18.1 Å². The van der Waals surface area contributed by atoms with Gasteiger partial charge >= 0.3 is 0 Å². The van der Waals surface area contributed by atoms with Crippen molar-refractivity contribution in [1.82, 2.24) is 25.2 Å². The predicted molar refractivity (Wildman–Crippen MR) is 89.3 cm³/mol. The molecule has 0 atom stereocenters. The molecule has 1 N–H and O–H groups in total. The summed E-state index contributed by atoms with van der Waals surface area (Å²) in [6.45, 7) is 0. The minimum absolute atomic E-state index is 0.152. The van der Waals surface area contributed by atoms with Gasteiger partial charge in [-0.2, -0.15) is 4.68 Å². The highest BCUT2D eigenvalue weighted by molar-refractivity contribution is 7.99. The van der Waals surface area contributed by atoms with Gasteiger partial charge in [-0.05, 0) is 34.7 Å². The third kappa shape index (κ3) is 3.69. The minimum Gasteiger partial charge on any atom is -0.494 e. The van der Waals surface area contributed by atoms with E-state index >= 15 is 0 Å². The topological polar surface area (TPSA) is 94.8 Å². The van der Waals surface area contributed by atoms with Gasteiger partial charge in [0.15, 0.2) is 0 Å². The fourth-order valence-corrected chi connectivity index (χ4v) is 2.67. The average molecular weight is 342 g/mol. The number of aromatic nitrogens is 5. The molecule has 24 heavy (non-hydrogen) atoms. The molecule has 2 heterocycles. The van der Waals surface area contributed by atoms with Crippen LogP contribution in [0.1, 0.15) is 0 Å². The Morgan fingerprint density at radius 2 is 2.04 bits per heavy atom. The van der Waals surface area contributed by atoms with Crippen LogP contribution in [0.4, 0.5) is 5.69 Å². The number of tetrazole rings is 1. The number of benzene rings is 1. The number of pyridine rings is 1. The van der Waals surface area contributed by atoms with Crippen LogP contribution in [-0.2, 0) is 4.79 Å². The largest absolute Gasteiger partial charge is 0.494 e. The normalized spacial score (nSPS) is 10.4. The van der Waals surface area contributed by atoms with Crippen LogP contribution in [0.2, 0.25) is 0 Å². The fourth-order valence-electron chi connectivity index (χ4n) is 1.99. The fraction of sp³-hybridized carbons (Fsp3) is 0.133. The van der Waals surface area contributed by atoms with Gasteiger partial charge < -0.3 is 10.1 Å². The first-order valence-corrected chi connectivity index (χ1v) is 8.01. The molecular formula is C15H14N6O2S. The number of carbonyl (C=O) groups is 1. The van der Waals surface area contributed by atoms with Gasteiger partial charge in [-0.25, -0.2) is 0 Å². The lowest BCUT2D eigenvalue weighted by atomic mass is 10.3. The zero-order chi connectivity index (χ0) is 16.8. The second-order valence-electron chi connectivity index (χ2n) is 4.62. The minimum atomic E-state index is -0.152. The molecule has 0 fully saturated rings. The van der Waals surface area contributed by atoms with Crippen molar-refractivity contribution >= 4 is 23.4 Å². The molecule has 2 aromatic heterocycles. The van der Waals surface area contributed by atoms with Gasteiger partial charge in [-0.15, -0.1) is 5.10 Å². The quantitative estimate of drug-likeness (QED) is 0.682. The van der Waals surface area contributed by atoms with Crippen molar-refractivity contribution in [3.63, 3.8) is 0 Å². The molecule has 3 aromatic rings. The highest BCUT2D eigenvalue weighted by atomic mass is 32.2. The lowest BCUT2D eigenvalue weighted by Gasteiger charge is -2.09. The number of amides is 1. The zero-order valence-corrected chi connectivity index (χ0v) is 13.6. The molecule has 0 aliphatic rings. The summed E-state index contributed by atoms with van der Waals surface area (Å²) in [6.07, 6.45) is 3.23. The number of rotatable bonds is 6. The molecule has 0 aliphatic heterocycles. The molecule has 0 radical (unpaired) electrons. The number of hydrogen-bond acceptors (Lipinski definition) is 7. The average Bonchev–Trinajstić information content (AvgIpc) is 3.09. The second kappa shape index (κ2) is 7.55. The van der Waals surface area contributed by atoms with Crippen molar-refractivity contribution in [3.05, 3.63) is 48.8 Å². The standard InChI is InChI=1S/C15H14N6O2S/c1-23-13-5-3-2-4-12(13)21-15(18-19-20-21)24-10-14(22)17-11-6-8-16-9-7-11/h2-9H,10H2,1H3,(H,16,17,22). The molecule has 1 aromatic carbocycles. The third-order valence-corrected chi connectivity index (χ3v) is 3.97. The van der Waals surface area contributed by atoms with E-state index < -0.39 is 0 Å². The van der Waals surface area contributed by atoms with Gasteiger partial charge in [0.1, 0.15) is 11.4 Å². The van der Waals surface area contributed by atoms with Crippen molar-refractivity contribution in [2.24, 2.45) is 0 Å². The van der Waals surface area contributed by atoms with E-state index in [1.807, 2.05) is 24.3 Å². The number of thioether (sulfide) groups is 1. The summed E-state index contributed by atoms with van der Waals surface area (Å²) in [5.74, 6) is 0.673. The summed E-state index contributed by atoms with van der Waals surface area (Å²) in [4.78, 5) is 15.9. The van der Waals surface area contributed by atoms with Crippen LogP contribution in [0.15, 0.2) is 53.9 Å². The molecule has 0 bridgehead atoms. The van der Waals surface area contributed by atoms with Gasteiger partial charge in [-0.1, -0.05) is 23.9 Å². The maximum Gasteiger partial charge on any atom is 0.234 e. The van der Waals surface area contributed by atoms with E-state index in [1.54, 1.807) is 36.3 Å². The Morgan fingerprint density at radius 3 is 2.83 bits per heavy atom. The van der Waals surface area contributed by atoms with Crippen molar-refractivity contribution in [2.75, 3.05) is 18.2 Å². The van der Waals surface area contributed by atoms with Crippen LogP contribution in [0, 0.1) is 0 Å². The molecule has 1 amide bonds. The van der Waals surface area contributed by atoms with Gasteiger partial charge in [0.2, 0.25) is 11.1 Å². The van der Waals surface area contributed by atoms with E-state index in [2.05, 4.69) is 25.8 Å². The molecule has 0 saturated heterocycles. The Labute approximate surface area is 142 Å². The van der Waals surface area contributed by atoms with Crippen LogP contribution < -0.4 is 10.1 Å². The Morgan fingerprint density at radius 1 is 1.25 bits per heavy atom. The van der Waals surface area contributed by atoms with Crippen molar-refractivity contribution in [2.45, 2.75) is 5.16 Å². The first kappa shape index (κ1) is 15.9. The van der Waals surface area contributed by atoms with Crippen LogP contribution in [-0.4, -0.2) is 44.0 Å². The summed E-state index contributed by atoms with van der Waals surface area (Å²) in [5, 5.41) is 14.9. The summed E-state index contributed by atoms with van der Waals surface area (Å²) in [5.41, 5.74) is 1.40. The Bertz CT molecular complexity index is 824. The van der Waals surface area contributed by atoms with E-state index in [1.165, 1.54) is 11.8 Å². The van der Waals surface area contributed by atoms with Gasteiger partial charge in [-0.3, -0.25) is 9.78 Å². The van der Waals surface area contributed by atoms with E-state index in [9.17, 15) is 4.79 Å². The number of nitrogens with one attached hydrogen (secondary N) is 1. The molecule has 0 aliphatic carbocycles. The van der Waals surface area contributed by atoms with Gasteiger partial charge in [0.05, 0.1) is 12.9 Å². The number of methoxy groups -OCH3 is 1. The molecule has 9 heteroatoms. The number of hydrogen-bond donors (Lipinski definition) is 1. The zero-order valence-electron chi connectivity index (χ0n) is 12.8. The molecule has 3 rings (SSSR count). The summed E-state index contributed by atoms with van der Waals surface area (Å²) < 4.78 is 6.86. The second-order valence-corrected chi connectivity index (χ2v) is 5.56. The first-order valence-electron chi connectivity index (χ1n) is 7.02. The molecule has 8 nitrogen and oxygen atoms in total. The molecule has 0 unspecified atom stereocenters. The van der Waals surface area contributed by atoms with E-state index in [0.29, 0.717) is 22.3 Å². The lowest BCUT2D eigenvalue weighted by Crippen LogP contribution is -2.14. The smallest absolute Gasteiger partial charge is 0.234 e. The van der Waals surface area contributed by atoms with Crippen LogP contribution in [0.25, 0.3) is 5.69 Å². The highest BCUT2D eigenvalue weighted by Gasteiger charge is 2.14. The van der Waals surface area contributed by atoms with Crippen LogP contribution >= 0.6 is 11.8 Å². The number of nitrogens with zero attached hydrogens (tertiary/aromatic N) is 5. The van der Waals surface area contributed by atoms with Crippen LogP contribution in [0.5, 0.6) is 5.75 Å². The van der Waals surface area contributed by atoms with Crippen molar-refractivity contribution in [1.29, 1.82) is 0 Å². The number of carbonyl (C=O) groups excluding carboxylic acids is 1. The number of ether oxygens (including phenoxy) is 1. The molecule has 0 saturated carbocycles. The van der Waals surface area contributed by atoms with Crippen molar-refractivity contribution in [3.8, 4) is 11.4 Å². The maximum atomic E-state index is 12.0. The third-order valence-electron chi connectivity index (χ3n) is 3.05. The highest BCUT2D eigenvalue weighted by Crippen LogP contribution is 2.25. The Balaban J connectivity index is 1.69. The Hall–Kier alpha value is -2.94. The summed E-state index contributed by atoms with van der Waals surface area (Å²) >= 11 is 1.24. The number of anilines is 1. The monoisotopic (exact) mass is 342 g/mol. The SMILES string of the molecule is COc1ccccc1-n1nnnc1SCC(=O)Nc1ccncc1. The summed E-state index contributed by atoms with van der Waals surface area (Å²) in [6, 6.07) is 10.8. The summed E-state index contributed by atoms with van der Waals surface area (Å²) in [7, 11) is 1.58. The first-order chi connectivity index (χ1) is 11.8. The van der Waals surface area contributed by atoms with Crippen molar-refractivity contribution < 1.29 is 9.53 Å². The van der Waals surface area contributed by atoms with E-state index in [0.717, 1.165) is 0 Å². The van der Waals surface area contributed by atoms with Crippen LogP contribution in [0.3, 0.4) is 0 Å². The lowest BCUT2D eigenvalue weighted by molar-refractivity contribution is -0.113. The Kier molecular flexibility index (Phi) is 5.02. The maximum absolute atomic E-state index is 12.0.